The normalized spacial score (nSPS) is 13.9. The number of rotatable bonds is 6. The molecule has 0 aromatic heterocycles. The first-order chi connectivity index (χ1) is 11.7. The summed E-state index contributed by atoms with van der Waals surface area (Å²) in [5, 5.41) is 11.1. The summed E-state index contributed by atoms with van der Waals surface area (Å²) < 4.78 is 22.5. The first-order valence-corrected chi connectivity index (χ1v) is 9.48. The summed E-state index contributed by atoms with van der Waals surface area (Å²) in [5.74, 6) is -0.205. The Morgan fingerprint density at radius 2 is 1.64 bits per heavy atom. The van der Waals surface area contributed by atoms with Gasteiger partial charge in [-0.2, -0.15) is 0 Å². The highest BCUT2D eigenvalue weighted by Gasteiger charge is 2.17. The van der Waals surface area contributed by atoms with E-state index >= 15 is 0 Å². The number of primary sulfonamides is 1. The van der Waals surface area contributed by atoms with Gasteiger partial charge < -0.3 is 5.32 Å². The van der Waals surface area contributed by atoms with Gasteiger partial charge >= 0.3 is 0 Å². The van der Waals surface area contributed by atoms with E-state index in [1.807, 2.05) is 38.1 Å². The van der Waals surface area contributed by atoms with Crippen molar-refractivity contribution in [1.29, 1.82) is 0 Å². The molecule has 0 radical (unpaired) electrons. The van der Waals surface area contributed by atoms with Crippen LogP contribution in [-0.4, -0.2) is 20.4 Å². The molecule has 4 N–H and O–H groups in total. The lowest BCUT2D eigenvalue weighted by Crippen LogP contribution is -2.39. The second-order valence-corrected chi connectivity index (χ2v) is 7.59. The van der Waals surface area contributed by atoms with Crippen LogP contribution in [0.1, 0.15) is 31.0 Å². The monoisotopic (exact) mass is 361 g/mol. The van der Waals surface area contributed by atoms with Crippen molar-refractivity contribution in [2.75, 3.05) is 5.32 Å². The lowest BCUT2D eigenvalue weighted by atomic mass is 10.0. The summed E-state index contributed by atoms with van der Waals surface area (Å²) in [7, 11) is -3.74. The van der Waals surface area contributed by atoms with Gasteiger partial charge in [0.2, 0.25) is 15.9 Å². The lowest BCUT2D eigenvalue weighted by molar-refractivity contribution is -0.117. The number of anilines is 1. The Morgan fingerprint density at radius 1 is 1.04 bits per heavy atom. The van der Waals surface area contributed by atoms with E-state index in [1.165, 1.54) is 24.3 Å². The van der Waals surface area contributed by atoms with Gasteiger partial charge in [-0.25, -0.2) is 13.6 Å². The lowest BCUT2D eigenvalue weighted by Gasteiger charge is -2.21. The van der Waals surface area contributed by atoms with Crippen molar-refractivity contribution in [3.63, 3.8) is 0 Å². The number of hydrogen-bond acceptors (Lipinski definition) is 4. The molecule has 0 spiro atoms. The molecule has 0 saturated heterocycles. The van der Waals surface area contributed by atoms with E-state index in [0.717, 1.165) is 11.1 Å². The van der Waals surface area contributed by atoms with Crippen molar-refractivity contribution in [1.82, 2.24) is 5.32 Å². The van der Waals surface area contributed by atoms with Crippen LogP contribution in [0.15, 0.2) is 53.4 Å². The van der Waals surface area contributed by atoms with Crippen LogP contribution in [-0.2, 0) is 14.8 Å². The Labute approximate surface area is 148 Å². The third-order valence-electron chi connectivity index (χ3n) is 4.00. The number of hydrogen-bond donors (Lipinski definition) is 3. The van der Waals surface area contributed by atoms with Crippen molar-refractivity contribution in [2.45, 2.75) is 37.8 Å². The molecular weight excluding hydrogens is 338 g/mol. The van der Waals surface area contributed by atoms with Gasteiger partial charge in [-0.3, -0.25) is 10.1 Å². The molecule has 25 heavy (non-hydrogen) atoms. The molecule has 2 aromatic rings. The Morgan fingerprint density at radius 3 is 2.20 bits per heavy atom. The fraction of sp³-hybridized carbons (Fsp3) is 0.278. The molecule has 1 amide bonds. The van der Waals surface area contributed by atoms with Crippen LogP contribution in [0.25, 0.3) is 0 Å². The molecule has 0 aliphatic heterocycles. The second kappa shape index (κ2) is 7.77. The maximum absolute atomic E-state index is 12.3. The fourth-order valence-electron chi connectivity index (χ4n) is 2.59. The van der Waals surface area contributed by atoms with Crippen molar-refractivity contribution in [3.8, 4) is 0 Å². The molecule has 0 heterocycles. The predicted molar refractivity (Wildman–Crippen MR) is 98.6 cm³/mol. The second-order valence-electron chi connectivity index (χ2n) is 6.03. The highest BCUT2D eigenvalue weighted by molar-refractivity contribution is 7.89. The average molecular weight is 361 g/mol. The largest absolute Gasteiger partial charge is 0.325 e. The number of benzene rings is 2. The smallest absolute Gasteiger partial charge is 0.241 e. The molecule has 0 unspecified atom stereocenters. The first kappa shape index (κ1) is 19.1. The summed E-state index contributed by atoms with van der Waals surface area (Å²) in [6, 6.07) is 13.3. The van der Waals surface area contributed by atoms with E-state index in [-0.39, 0.29) is 16.8 Å². The summed E-state index contributed by atoms with van der Waals surface area (Å²) in [6.07, 6.45) is 0. The number of nitrogens with two attached hydrogens (primary N) is 1. The van der Waals surface area contributed by atoms with Crippen LogP contribution in [0.5, 0.6) is 0 Å². The highest BCUT2D eigenvalue weighted by Crippen LogP contribution is 2.18. The van der Waals surface area contributed by atoms with E-state index in [1.54, 1.807) is 6.92 Å². The zero-order valence-corrected chi connectivity index (χ0v) is 15.3. The van der Waals surface area contributed by atoms with Crippen LogP contribution >= 0.6 is 0 Å². The molecule has 2 atom stereocenters. The fourth-order valence-corrected chi connectivity index (χ4v) is 3.11. The van der Waals surface area contributed by atoms with E-state index < -0.39 is 16.1 Å². The number of carbonyl (C=O) groups excluding carboxylic acids is 1. The average Bonchev–Trinajstić information content (AvgIpc) is 2.54. The SMILES string of the molecule is Cc1ccccc1[C@H](C)N[C@@H](C)C(=O)Nc1ccc(S(N)(=O)=O)cc1. The van der Waals surface area contributed by atoms with Gasteiger partial charge in [0.25, 0.3) is 0 Å². The molecule has 0 fully saturated rings. The van der Waals surface area contributed by atoms with Crippen LogP contribution in [0, 0.1) is 6.92 Å². The standard InChI is InChI=1S/C18H23N3O3S/c1-12-6-4-5-7-17(12)13(2)20-14(3)18(22)21-15-8-10-16(11-9-15)25(19,23)24/h4-11,13-14,20H,1-3H3,(H,21,22)(H2,19,23,24)/t13-,14-/m0/s1. The minimum atomic E-state index is -3.74. The molecule has 0 bridgehead atoms. The number of carbonyl (C=O) groups is 1. The molecule has 2 aromatic carbocycles. The molecule has 7 heteroatoms. The molecule has 6 nitrogen and oxygen atoms in total. The topological polar surface area (TPSA) is 101 Å². The minimum absolute atomic E-state index is 0.00449. The van der Waals surface area contributed by atoms with Crippen molar-refractivity contribution in [2.24, 2.45) is 5.14 Å². The maximum Gasteiger partial charge on any atom is 0.241 e. The minimum Gasteiger partial charge on any atom is -0.325 e. The van der Waals surface area contributed by atoms with Crippen LogP contribution in [0.4, 0.5) is 5.69 Å². The van der Waals surface area contributed by atoms with Crippen molar-refractivity contribution >= 4 is 21.6 Å². The van der Waals surface area contributed by atoms with Gasteiger partial charge in [-0.05, 0) is 56.2 Å². The quantitative estimate of drug-likeness (QED) is 0.735. The molecular formula is C18H23N3O3S. The van der Waals surface area contributed by atoms with Gasteiger partial charge in [0, 0.05) is 11.7 Å². The highest BCUT2D eigenvalue weighted by atomic mass is 32.2. The van der Waals surface area contributed by atoms with Gasteiger partial charge in [-0.15, -0.1) is 0 Å². The molecule has 2 rings (SSSR count). The van der Waals surface area contributed by atoms with Crippen LogP contribution in [0.3, 0.4) is 0 Å². The number of nitrogens with one attached hydrogen (secondary N) is 2. The molecule has 0 aliphatic rings. The van der Waals surface area contributed by atoms with E-state index in [9.17, 15) is 13.2 Å². The third-order valence-corrected chi connectivity index (χ3v) is 4.93. The zero-order chi connectivity index (χ0) is 18.6. The number of amides is 1. The molecule has 0 aliphatic carbocycles. The Kier molecular flexibility index (Phi) is 5.94. The summed E-state index contributed by atoms with van der Waals surface area (Å²) in [6.45, 7) is 5.82. The van der Waals surface area contributed by atoms with Crippen molar-refractivity contribution in [3.05, 3.63) is 59.7 Å². The van der Waals surface area contributed by atoms with Crippen LogP contribution in [0.2, 0.25) is 0 Å². The Bertz CT molecular complexity index is 848. The zero-order valence-electron chi connectivity index (χ0n) is 14.5. The van der Waals surface area contributed by atoms with Crippen molar-refractivity contribution < 1.29 is 13.2 Å². The van der Waals surface area contributed by atoms with E-state index in [0.29, 0.717) is 5.69 Å². The third kappa shape index (κ3) is 5.12. The van der Waals surface area contributed by atoms with Gasteiger partial charge in [0.1, 0.15) is 0 Å². The van der Waals surface area contributed by atoms with Gasteiger partial charge in [0.15, 0.2) is 0 Å². The molecule has 0 saturated carbocycles. The number of aryl methyl sites for hydroxylation is 1. The van der Waals surface area contributed by atoms with Gasteiger partial charge in [0.05, 0.1) is 10.9 Å². The summed E-state index contributed by atoms with van der Waals surface area (Å²) >= 11 is 0. The van der Waals surface area contributed by atoms with Crippen LogP contribution < -0.4 is 15.8 Å². The molecule has 134 valence electrons. The Balaban J connectivity index is 1.99. The summed E-state index contributed by atoms with van der Waals surface area (Å²) in [5.41, 5.74) is 2.81. The predicted octanol–water partition coefficient (Wildman–Crippen LogP) is 2.32. The van der Waals surface area contributed by atoms with E-state index in [2.05, 4.69) is 10.6 Å². The Hall–Kier alpha value is -2.22. The maximum atomic E-state index is 12.3. The summed E-state index contributed by atoms with van der Waals surface area (Å²) in [4.78, 5) is 12.3. The first-order valence-electron chi connectivity index (χ1n) is 7.94. The van der Waals surface area contributed by atoms with E-state index in [4.69, 9.17) is 5.14 Å². The van der Waals surface area contributed by atoms with Gasteiger partial charge in [-0.1, -0.05) is 24.3 Å². The number of sulfonamides is 1.